The van der Waals surface area contributed by atoms with E-state index in [0.717, 1.165) is 0 Å². The summed E-state index contributed by atoms with van der Waals surface area (Å²) >= 11 is 0. The molecule has 4 rings (SSSR count). The highest BCUT2D eigenvalue weighted by Gasteiger charge is 2.25. The van der Waals surface area contributed by atoms with E-state index >= 15 is 0 Å². The van der Waals surface area contributed by atoms with Crippen LogP contribution in [0, 0.1) is 0 Å². The highest BCUT2D eigenvalue weighted by molar-refractivity contribution is 5.65. The van der Waals surface area contributed by atoms with Gasteiger partial charge in [0.25, 0.3) is 0 Å². The first-order valence-electron chi connectivity index (χ1n) is 8.22. The standard InChI is InChI=1S/C21H22/c1-15(16-7-3-2-4-8-16)20-12-11-19-13-17-9-5-6-10-18(17)14-21(19)20/h2-4,7-8,11-15,20H,5-6,9-10H2,1H3. The second-order valence-electron chi connectivity index (χ2n) is 6.54. The second-order valence-corrected chi connectivity index (χ2v) is 6.54. The molecule has 2 aromatic rings. The molecule has 0 heteroatoms. The molecule has 0 N–H and O–H groups in total. The van der Waals surface area contributed by atoms with E-state index in [0.29, 0.717) is 11.8 Å². The van der Waals surface area contributed by atoms with E-state index in [1.165, 1.54) is 36.8 Å². The number of fused-ring (bicyclic) bond motifs is 2. The van der Waals surface area contributed by atoms with Crippen molar-refractivity contribution < 1.29 is 0 Å². The lowest BCUT2D eigenvalue weighted by atomic mass is 9.81. The van der Waals surface area contributed by atoms with Gasteiger partial charge in [-0.2, -0.15) is 0 Å². The number of hydrogen-bond acceptors (Lipinski definition) is 0. The molecule has 2 aliphatic carbocycles. The van der Waals surface area contributed by atoms with Crippen LogP contribution in [0.3, 0.4) is 0 Å². The van der Waals surface area contributed by atoms with E-state index in [1.54, 1.807) is 16.7 Å². The number of aryl methyl sites for hydroxylation is 2. The van der Waals surface area contributed by atoms with Gasteiger partial charge in [0.15, 0.2) is 0 Å². The molecule has 2 unspecified atom stereocenters. The molecule has 0 bridgehead atoms. The van der Waals surface area contributed by atoms with Gasteiger partial charge in [0.05, 0.1) is 0 Å². The Morgan fingerprint density at radius 2 is 1.67 bits per heavy atom. The maximum absolute atomic E-state index is 2.51. The van der Waals surface area contributed by atoms with E-state index < -0.39 is 0 Å². The molecule has 0 fully saturated rings. The van der Waals surface area contributed by atoms with Crippen LogP contribution in [0.2, 0.25) is 0 Å². The van der Waals surface area contributed by atoms with Crippen LogP contribution in [0.5, 0.6) is 0 Å². The first kappa shape index (κ1) is 12.9. The third kappa shape index (κ3) is 2.23. The summed E-state index contributed by atoms with van der Waals surface area (Å²) in [5.74, 6) is 1.08. The van der Waals surface area contributed by atoms with Crippen molar-refractivity contribution in [3.63, 3.8) is 0 Å². The van der Waals surface area contributed by atoms with Gasteiger partial charge < -0.3 is 0 Å². The molecule has 0 amide bonds. The van der Waals surface area contributed by atoms with Crippen molar-refractivity contribution in [2.24, 2.45) is 0 Å². The Balaban J connectivity index is 1.71. The SMILES string of the molecule is CC(c1ccccc1)C1C=Cc2cc3c(cc21)CCCC3. The third-order valence-electron chi connectivity index (χ3n) is 5.25. The summed E-state index contributed by atoms with van der Waals surface area (Å²) in [6, 6.07) is 15.9. The van der Waals surface area contributed by atoms with E-state index in [2.05, 4.69) is 61.5 Å². The van der Waals surface area contributed by atoms with E-state index in [9.17, 15) is 0 Å². The van der Waals surface area contributed by atoms with E-state index in [-0.39, 0.29) is 0 Å². The molecule has 106 valence electrons. The lowest BCUT2D eigenvalue weighted by Gasteiger charge is -2.23. The highest BCUT2D eigenvalue weighted by Crippen LogP contribution is 2.42. The minimum Gasteiger partial charge on any atom is -0.0758 e. The Hall–Kier alpha value is -1.82. The van der Waals surface area contributed by atoms with Crippen LogP contribution >= 0.6 is 0 Å². The van der Waals surface area contributed by atoms with Crippen LogP contribution in [0.4, 0.5) is 0 Å². The Labute approximate surface area is 127 Å². The van der Waals surface area contributed by atoms with Gasteiger partial charge in [-0.15, -0.1) is 0 Å². The van der Waals surface area contributed by atoms with E-state index in [1.807, 2.05) is 0 Å². The topological polar surface area (TPSA) is 0 Å². The average molecular weight is 274 g/mol. The average Bonchev–Trinajstić information content (AvgIpc) is 2.95. The maximum Gasteiger partial charge on any atom is 0.00934 e. The van der Waals surface area contributed by atoms with Gasteiger partial charge in [0.1, 0.15) is 0 Å². The molecule has 0 aromatic heterocycles. The quantitative estimate of drug-likeness (QED) is 0.680. The first-order chi connectivity index (χ1) is 10.3. The minimum atomic E-state index is 0.537. The summed E-state index contributed by atoms with van der Waals surface area (Å²) in [6.07, 6.45) is 10.0. The molecule has 2 aromatic carbocycles. The van der Waals surface area contributed by atoms with Crippen molar-refractivity contribution in [3.05, 3.63) is 76.4 Å². The Bertz CT molecular complexity index is 679. The molecule has 2 aliphatic rings. The monoisotopic (exact) mass is 274 g/mol. The lowest BCUT2D eigenvalue weighted by Crippen LogP contribution is -2.08. The van der Waals surface area contributed by atoms with Gasteiger partial charge in [-0.25, -0.2) is 0 Å². The zero-order valence-electron chi connectivity index (χ0n) is 12.7. The highest BCUT2D eigenvalue weighted by atomic mass is 14.3. The molecule has 21 heavy (non-hydrogen) atoms. The number of rotatable bonds is 2. The molecule has 0 radical (unpaired) electrons. The van der Waals surface area contributed by atoms with Crippen LogP contribution in [-0.4, -0.2) is 0 Å². The van der Waals surface area contributed by atoms with Gasteiger partial charge in [-0.3, -0.25) is 0 Å². The largest absolute Gasteiger partial charge is 0.0758 e. The van der Waals surface area contributed by atoms with Gasteiger partial charge in [0.2, 0.25) is 0 Å². The van der Waals surface area contributed by atoms with Crippen molar-refractivity contribution in [1.82, 2.24) is 0 Å². The summed E-state index contributed by atoms with van der Waals surface area (Å²) in [6.45, 7) is 2.36. The van der Waals surface area contributed by atoms with Crippen LogP contribution in [0.1, 0.15) is 59.4 Å². The molecule has 0 saturated heterocycles. The smallest absolute Gasteiger partial charge is 0.00934 e. The zero-order valence-corrected chi connectivity index (χ0v) is 12.7. The van der Waals surface area contributed by atoms with Crippen molar-refractivity contribution in [3.8, 4) is 0 Å². The third-order valence-corrected chi connectivity index (χ3v) is 5.25. The molecule has 0 heterocycles. The molecular weight excluding hydrogens is 252 g/mol. The normalized spacial score (nSPS) is 20.9. The predicted molar refractivity (Wildman–Crippen MR) is 89.7 cm³/mol. The Morgan fingerprint density at radius 1 is 0.952 bits per heavy atom. The predicted octanol–water partition coefficient (Wildman–Crippen LogP) is 5.48. The van der Waals surface area contributed by atoms with Crippen molar-refractivity contribution in [2.45, 2.75) is 44.4 Å². The maximum atomic E-state index is 2.51. The van der Waals surface area contributed by atoms with Gasteiger partial charge >= 0.3 is 0 Å². The first-order valence-corrected chi connectivity index (χ1v) is 8.22. The molecule has 0 aliphatic heterocycles. The van der Waals surface area contributed by atoms with E-state index in [4.69, 9.17) is 0 Å². The Morgan fingerprint density at radius 3 is 2.43 bits per heavy atom. The summed E-state index contributed by atoms with van der Waals surface area (Å²) in [5.41, 5.74) is 7.65. The van der Waals surface area contributed by atoms with Crippen LogP contribution in [-0.2, 0) is 12.8 Å². The van der Waals surface area contributed by atoms with Crippen molar-refractivity contribution in [1.29, 1.82) is 0 Å². The fourth-order valence-corrected chi connectivity index (χ4v) is 3.97. The molecule has 0 saturated carbocycles. The van der Waals surface area contributed by atoms with Crippen LogP contribution in [0.15, 0.2) is 48.5 Å². The fraction of sp³-hybridized carbons (Fsp3) is 0.333. The molecule has 0 nitrogen and oxygen atoms in total. The molecule has 0 spiro atoms. The van der Waals surface area contributed by atoms with Gasteiger partial charge in [-0.1, -0.05) is 61.5 Å². The van der Waals surface area contributed by atoms with Crippen LogP contribution in [0.25, 0.3) is 6.08 Å². The molecular formula is C21H22. The summed E-state index contributed by atoms with van der Waals surface area (Å²) < 4.78 is 0. The molecule has 2 atom stereocenters. The van der Waals surface area contributed by atoms with Crippen molar-refractivity contribution >= 4 is 6.08 Å². The van der Waals surface area contributed by atoms with Crippen LogP contribution < -0.4 is 0 Å². The minimum absolute atomic E-state index is 0.537. The zero-order chi connectivity index (χ0) is 14.2. The Kier molecular flexibility index (Phi) is 3.18. The summed E-state index contributed by atoms with van der Waals surface area (Å²) in [7, 11) is 0. The second kappa shape index (κ2) is 5.18. The number of benzene rings is 2. The number of allylic oxidation sites excluding steroid dienone is 1. The summed E-state index contributed by atoms with van der Waals surface area (Å²) in [4.78, 5) is 0. The van der Waals surface area contributed by atoms with Gasteiger partial charge in [-0.05, 0) is 59.4 Å². The van der Waals surface area contributed by atoms with Crippen molar-refractivity contribution in [2.75, 3.05) is 0 Å². The number of hydrogen-bond donors (Lipinski definition) is 0. The van der Waals surface area contributed by atoms with Gasteiger partial charge in [0, 0.05) is 5.92 Å². The fourth-order valence-electron chi connectivity index (χ4n) is 3.97. The lowest BCUT2D eigenvalue weighted by molar-refractivity contribution is 0.667. The summed E-state index contributed by atoms with van der Waals surface area (Å²) in [5, 5.41) is 0.